The van der Waals surface area contributed by atoms with Gasteiger partial charge in [-0.25, -0.2) is 0 Å². The van der Waals surface area contributed by atoms with Crippen LogP contribution in [0.25, 0.3) is 0 Å². The monoisotopic (exact) mass is 341 g/mol. The van der Waals surface area contributed by atoms with Crippen LogP contribution in [0, 0.1) is 6.92 Å². The highest BCUT2D eigenvalue weighted by Crippen LogP contribution is 2.26. The first-order chi connectivity index (χ1) is 12.0. The average molecular weight is 341 g/mol. The fourth-order valence-corrected chi connectivity index (χ4v) is 3.23. The van der Waals surface area contributed by atoms with Crippen LogP contribution in [0.15, 0.2) is 28.8 Å². The maximum absolute atomic E-state index is 12.6. The van der Waals surface area contributed by atoms with Crippen molar-refractivity contribution in [1.82, 2.24) is 15.0 Å². The summed E-state index contributed by atoms with van der Waals surface area (Å²) in [6.45, 7) is 7.69. The lowest BCUT2D eigenvalue weighted by Gasteiger charge is -2.31. The van der Waals surface area contributed by atoms with Crippen molar-refractivity contribution in [1.29, 1.82) is 0 Å². The van der Waals surface area contributed by atoms with Gasteiger partial charge in [-0.15, -0.1) is 0 Å². The molecule has 2 aromatic rings. The minimum Gasteiger partial charge on any atom is -0.342 e. The minimum absolute atomic E-state index is 0.188. The molecule has 2 heterocycles. The van der Waals surface area contributed by atoms with Crippen LogP contribution in [0.4, 0.5) is 0 Å². The van der Waals surface area contributed by atoms with Crippen molar-refractivity contribution in [2.24, 2.45) is 0 Å². The van der Waals surface area contributed by atoms with E-state index in [-0.39, 0.29) is 17.7 Å². The number of aromatic nitrogens is 2. The lowest BCUT2D eigenvalue weighted by molar-refractivity contribution is -0.132. The molecule has 25 heavy (non-hydrogen) atoms. The number of nitrogens with zero attached hydrogens (tertiary/aromatic N) is 3. The van der Waals surface area contributed by atoms with E-state index >= 15 is 0 Å². The molecule has 0 radical (unpaired) electrons. The predicted molar refractivity (Wildman–Crippen MR) is 96.4 cm³/mol. The molecule has 0 saturated carbocycles. The van der Waals surface area contributed by atoms with Crippen molar-refractivity contribution in [2.45, 2.75) is 58.3 Å². The van der Waals surface area contributed by atoms with E-state index in [2.05, 4.69) is 41.3 Å². The molecule has 1 atom stereocenters. The highest BCUT2D eigenvalue weighted by Gasteiger charge is 2.28. The molecule has 0 spiro atoms. The van der Waals surface area contributed by atoms with Crippen molar-refractivity contribution in [3.8, 4) is 0 Å². The van der Waals surface area contributed by atoms with E-state index in [1.165, 1.54) is 11.1 Å². The Bertz CT molecular complexity index is 706. The van der Waals surface area contributed by atoms with Gasteiger partial charge < -0.3 is 9.42 Å². The van der Waals surface area contributed by atoms with Crippen LogP contribution in [-0.2, 0) is 11.2 Å². The number of likely N-dealkylation sites (tertiary alicyclic amines) is 1. The smallest absolute Gasteiger partial charge is 0.229 e. The third-order valence-corrected chi connectivity index (χ3v) is 4.84. The zero-order chi connectivity index (χ0) is 17.8. The largest absolute Gasteiger partial charge is 0.342 e. The van der Waals surface area contributed by atoms with E-state index in [1.54, 1.807) is 0 Å². The second kappa shape index (κ2) is 7.81. The second-order valence-electron chi connectivity index (χ2n) is 7.31. The Morgan fingerprint density at radius 2 is 2.08 bits per heavy atom. The molecular formula is C20H27N3O2. The normalized spacial score (nSPS) is 17.9. The van der Waals surface area contributed by atoms with Crippen LogP contribution in [0.5, 0.6) is 0 Å². The number of piperidine rings is 1. The van der Waals surface area contributed by atoms with E-state index in [0.717, 1.165) is 31.6 Å². The second-order valence-corrected chi connectivity index (χ2v) is 7.31. The summed E-state index contributed by atoms with van der Waals surface area (Å²) in [5.41, 5.74) is 2.46. The number of benzene rings is 1. The maximum Gasteiger partial charge on any atom is 0.229 e. The summed E-state index contributed by atoms with van der Waals surface area (Å²) in [4.78, 5) is 19.1. The molecular weight excluding hydrogens is 314 g/mol. The molecule has 0 N–H and O–H groups in total. The third kappa shape index (κ3) is 4.47. The van der Waals surface area contributed by atoms with Gasteiger partial charge in [-0.1, -0.05) is 48.8 Å². The number of amides is 1. The summed E-state index contributed by atoms with van der Waals surface area (Å²) >= 11 is 0. The van der Waals surface area contributed by atoms with Crippen molar-refractivity contribution >= 4 is 5.91 Å². The van der Waals surface area contributed by atoms with Crippen molar-refractivity contribution in [3.05, 3.63) is 47.1 Å². The highest BCUT2D eigenvalue weighted by molar-refractivity contribution is 5.76. The topological polar surface area (TPSA) is 59.2 Å². The van der Waals surface area contributed by atoms with E-state index in [1.807, 2.05) is 18.7 Å². The summed E-state index contributed by atoms with van der Waals surface area (Å²) < 4.78 is 5.33. The van der Waals surface area contributed by atoms with Crippen LogP contribution in [0.1, 0.15) is 67.8 Å². The van der Waals surface area contributed by atoms with Crippen molar-refractivity contribution in [2.75, 3.05) is 13.1 Å². The number of carbonyl (C=O) groups is 1. The summed E-state index contributed by atoms with van der Waals surface area (Å²) in [7, 11) is 0. The Morgan fingerprint density at radius 3 is 2.76 bits per heavy atom. The lowest BCUT2D eigenvalue weighted by Crippen LogP contribution is -2.39. The van der Waals surface area contributed by atoms with Gasteiger partial charge in [-0.3, -0.25) is 4.79 Å². The van der Waals surface area contributed by atoms with Crippen LogP contribution in [0.2, 0.25) is 0 Å². The molecule has 1 aromatic heterocycles. The van der Waals surface area contributed by atoms with Gasteiger partial charge in [0, 0.05) is 31.3 Å². The first-order valence-electron chi connectivity index (χ1n) is 9.19. The number of hydrogen-bond acceptors (Lipinski definition) is 4. The summed E-state index contributed by atoms with van der Waals surface area (Å²) in [6.07, 6.45) is 3.35. The molecule has 1 aliphatic heterocycles. The summed E-state index contributed by atoms with van der Waals surface area (Å²) in [6, 6.07) is 8.40. The van der Waals surface area contributed by atoms with Gasteiger partial charge in [0.25, 0.3) is 0 Å². The van der Waals surface area contributed by atoms with E-state index in [4.69, 9.17) is 4.52 Å². The molecule has 1 saturated heterocycles. The molecule has 5 heteroatoms. The SMILES string of the molecule is Cc1ccc(CCC(=O)N2CCCC(c3noc(C(C)C)n3)C2)cc1. The fraction of sp³-hybridized carbons (Fsp3) is 0.550. The van der Waals surface area contributed by atoms with Crippen LogP contribution in [0.3, 0.4) is 0 Å². The molecule has 1 unspecified atom stereocenters. The van der Waals surface area contributed by atoms with E-state index in [9.17, 15) is 4.79 Å². The summed E-state index contributed by atoms with van der Waals surface area (Å²) in [5, 5.41) is 4.13. The van der Waals surface area contributed by atoms with Gasteiger partial charge in [0.1, 0.15) is 0 Å². The standard InChI is InChI=1S/C20H27N3O2/c1-14(2)20-21-19(22-25-20)17-5-4-12-23(13-17)18(24)11-10-16-8-6-15(3)7-9-16/h6-9,14,17H,4-5,10-13H2,1-3H3. The molecule has 1 aromatic carbocycles. The number of carbonyl (C=O) groups excluding carboxylic acids is 1. The van der Waals surface area contributed by atoms with Crippen LogP contribution < -0.4 is 0 Å². The molecule has 0 bridgehead atoms. The quantitative estimate of drug-likeness (QED) is 0.829. The average Bonchev–Trinajstić information content (AvgIpc) is 3.11. The molecule has 3 rings (SSSR count). The first-order valence-corrected chi connectivity index (χ1v) is 9.19. The zero-order valence-electron chi connectivity index (χ0n) is 15.4. The summed E-state index contributed by atoms with van der Waals surface area (Å²) in [5.74, 6) is 2.07. The molecule has 1 fully saturated rings. The number of hydrogen-bond donors (Lipinski definition) is 0. The van der Waals surface area contributed by atoms with Gasteiger partial charge >= 0.3 is 0 Å². The fourth-order valence-electron chi connectivity index (χ4n) is 3.23. The number of aryl methyl sites for hydroxylation is 2. The lowest BCUT2D eigenvalue weighted by atomic mass is 9.96. The molecule has 1 amide bonds. The molecule has 0 aliphatic carbocycles. The molecule has 5 nitrogen and oxygen atoms in total. The van der Waals surface area contributed by atoms with Crippen molar-refractivity contribution in [3.63, 3.8) is 0 Å². The first kappa shape index (κ1) is 17.6. The van der Waals surface area contributed by atoms with Gasteiger partial charge in [0.15, 0.2) is 5.82 Å². The van der Waals surface area contributed by atoms with Crippen LogP contribution in [-0.4, -0.2) is 34.0 Å². The predicted octanol–water partition coefficient (Wildman–Crippen LogP) is 3.84. The number of rotatable bonds is 5. The Balaban J connectivity index is 1.56. The maximum atomic E-state index is 12.6. The molecule has 1 aliphatic rings. The van der Waals surface area contributed by atoms with Gasteiger partial charge in [0.05, 0.1) is 0 Å². The Labute approximate surface area is 149 Å². The van der Waals surface area contributed by atoms with Crippen molar-refractivity contribution < 1.29 is 9.32 Å². The van der Waals surface area contributed by atoms with E-state index in [0.29, 0.717) is 18.9 Å². The highest BCUT2D eigenvalue weighted by atomic mass is 16.5. The van der Waals surface area contributed by atoms with Gasteiger partial charge in [0.2, 0.25) is 11.8 Å². The van der Waals surface area contributed by atoms with Gasteiger partial charge in [-0.2, -0.15) is 4.98 Å². The van der Waals surface area contributed by atoms with Crippen LogP contribution >= 0.6 is 0 Å². The Morgan fingerprint density at radius 1 is 1.32 bits per heavy atom. The minimum atomic E-state index is 0.188. The zero-order valence-corrected chi connectivity index (χ0v) is 15.4. The Kier molecular flexibility index (Phi) is 5.51. The molecule has 134 valence electrons. The Hall–Kier alpha value is -2.17. The van der Waals surface area contributed by atoms with Gasteiger partial charge in [-0.05, 0) is 31.7 Å². The van der Waals surface area contributed by atoms with E-state index < -0.39 is 0 Å². The third-order valence-electron chi connectivity index (χ3n) is 4.84.